The van der Waals surface area contributed by atoms with Crippen LogP contribution in [-0.2, 0) is 25.9 Å². The highest BCUT2D eigenvalue weighted by Crippen LogP contribution is 2.28. The number of benzene rings is 2. The van der Waals surface area contributed by atoms with E-state index in [1.165, 1.54) is 16.7 Å². The Morgan fingerprint density at radius 2 is 1.93 bits per heavy atom. The smallest absolute Gasteiger partial charge is 0.255 e. The highest BCUT2D eigenvalue weighted by molar-refractivity contribution is 6.00. The van der Waals surface area contributed by atoms with Gasteiger partial charge in [0, 0.05) is 31.2 Å². The quantitative estimate of drug-likeness (QED) is 0.765. The van der Waals surface area contributed by atoms with Gasteiger partial charge in [-0.25, -0.2) is 0 Å². The summed E-state index contributed by atoms with van der Waals surface area (Å²) in [6.07, 6.45) is 5.94. The minimum atomic E-state index is 0.148. The number of amides is 1. The van der Waals surface area contributed by atoms with E-state index in [1.807, 2.05) is 17.9 Å². The first-order valence-electron chi connectivity index (χ1n) is 10.0. The SMILES string of the molecule is C=C/C=C(\C)CN1Cc2cc(CNC3Cc4ccccc4C3)cc(C)c2C1=O. The lowest BCUT2D eigenvalue weighted by atomic mass is 10.00. The molecule has 144 valence electrons. The summed E-state index contributed by atoms with van der Waals surface area (Å²) in [6, 6.07) is 13.6. The van der Waals surface area contributed by atoms with E-state index < -0.39 is 0 Å². The van der Waals surface area contributed by atoms with E-state index in [1.54, 1.807) is 6.08 Å². The summed E-state index contributed by atoms with van der Waals surface area (Å²) in [5.74, 6) is 0.148. The van der Waals surface area contributed by atoms with E-state index in [9.17, 15) is 4.79 Å². The molecule has 0 aromatic heterocycles. The maximum atomic E-state index is 12.8. The lowest BCUT2D eigenvalue weighted by Crippen LogP contribution is -2.29. The summed E-state index contributed by atoms with van der Waals surface area (Å²) in [5, 5.41) is 3.72. The van der Waals surface area contributed by atoms with Crippen molar-refractivity contribution in [3.63, 3.8) is 0 Å². The molecule has 3 nitrogen and oxygen atoms in total. The largest absolute Gasteiger partial charge is 0.330 e. The number of aryl methyl sites for hydroxylation is 1. The van der Waals surface area contributed by atoms with E-state index >= 15 is 0 Å². The van der Waals surface area contributed by atoms with Crippen molar-refractivity contribution in [2.75, 3.05) is 6.54 Å². The molecule has 1 aliphatic carbocycles. The van der Waals surface area contributed by atoms with E-state index in [0.29, 0.717) is 19.1 Å². The first kappa shape index (κ1) is 18.7. The maximum Gasteiger partial charge on any atom is 0.255 e. The number of carbonyl (C=O) groups excluding carboxylic acids is 1. The van der Waals surface area contributed by atoms with E-state index in [0.717, 1.165) is 41.6 Å². The summed E-state index contributed by atoms with van der Waals surface area (Å²) in [7, 11) is 0. The predicted molar refractivity (Wildman–Crippen MR) is 114 cm³/mol. The average molecular weight is 373 g/mol. The molecule has 1 heterocycles. The zero-order valence-corrected chi connectivity index (χ0v) is 16.8. The van der Waals surface area contributed by atoms with E-state index in [2.05, 4.69) is 55.2 Å². The van der Waals surface area contributed by atoms with Crippen LogP contribution < -0.4 is 5.32 Å². The second kappa shape index (κ2) is 7.76. The molecule has 0 radical (unpaired) electrons. The number of carbonyl (C=O) groups is 1. The second-order valence-corrected chi connectivity index (χ2v) is 8.11. The standard InChI is InChI=1S/C25H28N2O/c1-4-7-17(2)15-27-16-22-11-19(10-18(3)24(22)25(27)28)14-26-23-12-20-8-5-6-9-21(20)13-23/h4-11,23,26H,1,12-16H2,2-3H3/b17-7+. The lowest BCUT2D eigenvalue weighted by Gasteiger charge is -2.15. The topological polar surface area (TPSA) is 32.3 Å². The molecule has 0 bridgehead atoms. The van der Waals surface area contributed by atoms with Gasteiger partial charge in [-0.1, -0.05) is 60.7 Å². The number of rotatable bonds is 6. The van der Waals surface area contributed by atoms with Crippen LogP contribution in [0.25, 0.3) is 0 Å². The molecule has 2 aliphatic rings. The monoisotopic (exact) mass is 372 g/mol. The molecule has 2 aromatic carbocycles. The molecular formula is C25H28N2O. The number of allylic oxidation sites excluding steroid dienone is 2. The summed E-state index contributed by atoms with van der Waals surface area (Å²) in [5.41, 5.74) is 8.48. The van der Waals surface area contributed by atoms with Crippen LogP contribution in [-0.4, -0.2) is 23.4 Å². The number of hydrogen-bond donors (Lipinski definition) is 1. The van der Waals surface area contributed by atoms with Crippen LogP contribution in [0.2, 0.25) is 0 Å². The van der Waals surface area contributed by atoms with Crippen LogP contribution in [0.3, 0.4) is 0 Å². The Morgan fingerprint density at radius 3 is 2.61 bits per heavy atom. The highest BCUT2D eigenvalue weighted by atomic mass is 16.2. The van der Waals surface area contributed by atoms with Gasteiger partial charge in [0.15, 0.2) is 0 Å². The third-order valence-electron chi connectivity index (χ3n) is 5.83. The first-order chi connectivity index (χ1) is 13.5. The van der Waals surface area contributed by atoms with Crippen molar-refractivity contribution >= 4 is 5.91 Å². The molecule has 0 spiro atoms. The third kappa shape index (κ3) is 3.67. The van der Waals surface area contributed by atoms with Crippen molar-refractivity contribution in [2.24, 2.45) is 0 Å². The minimum Gasteiger partial charge on any atom is -0.330 e. The maximum absolute atomic E-state index is 12.8. The van der Waals surface area contributed by atoms with Crippen molar-refractivity contribution in [1.82, 2.24) is 10.2 Å². The van der Waals surface area contributed by atoms with Gasteiger partial charge in [0.05, 0.1) is 0 Å². The molecule has 28 heavy (non-hydrogen) atoms. The fraction of sp³-hybridized carbons (Fsp3) is 0.320. The molecular weight excluding hydrogens is 344 g/mol. The van der Waals surface area contributed by atoms with Gasteiger partial charge >= 0.3 is 0 Å². The van der Waals surface area contributed by atoms with Crippen LogP contribution in [0.4, 0.5) is 0 Å². The zero-order valence-electron chi connectivity index (χ0n) is 16.8. The first-order valence-corrected chi connectivity index (χ1v) is 10.0. The van der Waals surface area contributed by atoms with Gasteiger partial charge in [-0.2, -0.15) is 0 Å². The summed E-state index contributed by atoms with van der Waals surface area (Å²) >= 11 is 0. The van der Waals surface area contributed by atoms with Crippen molar-refractivity contribution in [1.29, 1.82) is 0 Å². The van der Waals surface area contributed by atoms with Gasteiger partial charge in [0.25, 0.3) is 5.91 Å². The van der Waals surface area contributed by atoms with E-state index in [-0.39, 0.29) is 5.91 Å². The van der Waals surface area contributed by atoms with Crippen LogP contribution in [0.5, 0.6) is 0 Å². The zero-order chi connectivity index (χ0) is 19.7. The van der Waals surface area contributed by atoms with Gasteiger partial charge in [0.2, 0.25) is 0 Å². The molecule has 0 fully saturated rings. The van der Waals surface area contributed by atoms with Gasteiger partial charge in [-0.3, -0.25) is 4.79 Å². The molecule has 0 atom stereocenters. The highest BCUT2D eigenvalue weighted by Gasteiger charge is 2.29. The lowest BCUT2D eigenvalue weighted by molar-refractivity contribution is 0.0792. The molecule has 0 saturated carbocycles. The minimum absolute atomic E-state index is 0.148. The summed E-state index contributed by atoms with van der Waals surface area (Å²) in [6.45, 7) is 10.0. The second-order valence-electron chi connectivity index (χ2n) is 8.11. The van der Waals surface area contributed by atoms with Crippen molar-refractivity contribution in [3.05, 3.63) is 94.1 Å². The summed E-state index contributed by atoms with van der Waals surface area (Å²) in [4.78, 5) is 14.7. The van der Waals surface area contributed by atoms with Crippen LogP contribution in [0.15, 0.2) is 60.7 Å². The third-order valence-corrected chi connectivity index (χ3v) is 5.83. The van der Waals surface area contributed by atoms with Crippen molar-refractivity contribution in [2.45, 2.75) is 45.8 Å². The number of hydrogen-bond acceptors (Lipinski definition) is 2. The van der Waals surface area contributed by atoms with Gasteiger partial charge in [-0.05, 0) is 54.5 Å². The fourth-order valence-electron chi connectivity index (χ4n) is 4.56. The molecule has 1 aliphatic heterocycles. The van der Waals surface area contributed by atoms with Crippen molar-refractivity contribution in [3.8, 4) is 0 Å². The Bertz CT molecular complexity index is 932. The van der Waals surface area contributed by atoms with Gasteiger partial charge < -0.3 is 10.2 Å². The normalized spacial score (nSPS) is 16.4. The van der Waals surface area contributed by atoms with Crippen LogP contribution in [0, 0.1) is 6.92 Å². The Hall–Kier alpha value is -2.65. The Morgan fingerprint density at radius 1 is 1.21 bits per heavy atom. The van der Waals surface area contributed by atoms with Gasteiger partial charge in [-0.15, -0.1) is 0 Å². The molecule has 1 N–H and O–H groups in total. The number of nitrogens with one attached hydrogen (secondary N) is 1. The Balaban J connectivity index is 1.43. The predicted octanol–water partition coefficient (Wildman–Crippen LogP) is 4.34. The molecule has 1 amide bonds. The van der Waals surface area contributed by atoms with Crippen LogP contribution >= 0.6 is 0 Å². The van der Waals surface area contributed by atoms with Gasteiger partial charge in [0.1, 0.15) is 0 Å². The average Bonchev–Trinajstić information content (AvgIpc) is 3.21. The van der Waals surface area contributed by atoms with Crippen LogP contribution in [0.1, 0.15) is 45.1 Å². The molecule has 3 heteroatoms. The fourth-order valence-corrected chi connectivity index (χ4v) is 4.56. The van der Waals surface area contributed by atoms with E-state index in [4.69, 9.17) is 0 Å². The molecule has 0 unspecified atom stereocenters. The molecule has 2 aromatic rings. The number of fused-ring (bicyclic) bond motifs is 2. The molecule has 4 rings (SSSR count). The number of nitrogens with zero attached hydrogens (tertiary/aromatic N) is 1. The summed E-state index contributed by atoms with van der Waals surface area (Å²) < 4.78 is 0. The Labute approximate surface area is 167 Å². The van der Waals surface area contributed by atoms with Crippen molar-refractivity contribution < 1.29 is 4.79 Å². The molecule has 0 saturated heterocycles. The Kier molecular flexibility index (Phi) is 5.19.